The van der Waals surface area contributed by atoms with Crippen LogP contribution in [0, 0.1) is 12.3 Å². The molecule has 5 heteroatoms. The Balaban J connectivity index is 1.55. The second kappa shape index (κ2) is 8.32. The predicted molar refractivity (Wildman–Crippen MR) is 112 cm³/mol. The molecule has 1 fully saturated rings. The number of imidazole rings is 1. The van der Waals surface area contributed by atoms with Gasteiger partial charge in [0.25, 0.3) is 5.91 Å². The van der Waals surface area contributed by atoms with E-state index in [1.165, 1.54) is 6.42 Å². The smallest absolute Gasteiger partial charge is 0.254 e. The molecule has 0 aliphatic heterocycles. The summed E-state index contributed by atoms with van der Waals surface area (Å²) >= 11 is 0. The molecule has 29 heavy (non-hydrogen) atoms. The lowest BCUT2D eigenvalue weighted by molar-refractivity contribution is 0.0667. The van der Waals surface area contributed by atoms with Crippen LogP contribution in [0.15, 0.2) is 54.9 Å². The monoisotopic (exact) mass is 385 g/mol. The summed E-state index contributed by atoms with van der Waals surface area (Å²) in [4.78, 5) is 32.0. The van der Waals surface area contributed by atoms with Gasteiger partial charge >= 0.3 is 0 Å². The van der Waals surface area contributed by atoms with E-state index in [0.29, 0.717) is 23.4 Å². The van der Waals surface area contributed by atoms with E-state index in [1.54, 1.807) is 39.8 Å². The second-order valence-electron chi connectivity index (χ2n) is 7.41. The van der Waals surface area contributed by atoms with Crippen LogP contribution in [0.25, 0.3) is 5.65 Å². The highest BCUT2D eigenvalue weighted by Gasteiger charge is 2.26. The number of hydrogen-bond acceptors (Lipinski definition) is 3. The van der Waals surface area contributed by atoms with Crippen molar-refractivity contribution in [3.8, 4) is 12.3 Å². The Morgan fingerprint density at radius 3 is 2.52 bits per heavy atom. The molecule has 1 aliphatic rings. The van der Waals surface area contributed by atoms with Gasteiger partial charge < -0.3 is 4.90 Å². The second-order valence-corrected chi connectivity index (χ2v) is 7.41. The molecule has 3 aromatic rings. The van der Waals surface area contributed by atoms with Crippen LogP contribution in [0.5, 0.6) is 0 Å². The Bertz CT molecular complexity index is 1070. The molecule has 0 bridgehead atoms. The molecule has 4 rings (SSSR count). The minimum Gasteiger partial charge on any atom is -0.325 e. The topological polar surface area (TPSA) is 54.7 Å². The Hall–Kier alpha value is -3.39. The molecular formula is C24H23N3O2. The van der Waals surface area contributed by atoms with Gasteiger partial charge in [-0.3, -0.25) is 14.0 Å². The quantitative estimate of drug-likeness (QED) is 0.493. The van der Waals surface area contributed by atoms with E-state index in [0.717, 1.165) is 31.3 Å². The van der Waals surface area contributed by atoms with Gasteiger partial charge in [0.1, 0.15) is 11.3 Å². The lowest BCUT2D eigenvalue weighted by atomic mass is 9.93. The maximum absolute atomic E-state index is 13.1. The van der Waals surface area contributed by atoms with Gasteiger partial charge in [-0.1, -0.05) is 43.4 Å². The van der Waals surface area contributed by atoms with Crippen molar-refractivity contribution in [3.63, 3.8) is 0 Å². The lowest BCUT2D eigenvalue weighted by Gasteiger charge is -2.33. The predicted octanol–water partition coefficient (Wildman–Crippen LogP) is 3.97. The summed E-state index contributed by atoms with van der Waals surface area (Å²) in [6, 6.07) is 12.6. The Labute approximate surface area is 170 Å². The van der Waals surface area contributed by atoms with Gasteiger partial charge in [0, 0.05) is 23.4 Å². The van der Waals surface area contributed by atoms with Crippen LogP contribution in [0.3, 0.4) is 0 Å². The Morgan fingerprint density at radius 2 is 1.79 bits per heavy atom. The zero-order chi connectivity index (χ0) is 20.2. The maximum Gasteiger partial charge on any atom is 0.254 e. The summed E-state index contributed by atoms with van der Waals surface area (Å²) in [7, 11) is 0. The molecule has 146 valence electrons. The molecule has 0 N–H and O–H groups in total. The van der Waals surface area contributed by atoms with Gasteiger partial charge in [0.2, 0.25) is 5.78 Å². The molecule has 1 aliphatic carbocycles. The van der Waals surface area contributed by atoms with Crippen LogP contribution in [0.4, 0.5) is 0 Å². The molecule has 2 aromatic heterocycles. The van der Waals surface area contributed by atoms with Crippen molar-refractivity contribution in [2.24, 2.45) is 0 Å². The van der Waals surface area contributed by atoms with Crippen LogP contribution >= 0.6 is 0 Å². The molecule has 0 unspecified atom stereocenters. The van der Waals surface area contributed by atoms with Crippen LogP contribution in [0.1, 0.15) is 58.5 Å². The molecule has 0 spiro atoms. The average molecular weight is 385 g/mol. The fraction of sp³-hybridized carbons (Fsp3) is 0.292. The van der Waals surface area contributed by atoms with E-state index in [9.17, 15) is 9.59 Å². The fourth-order valence-corrected chi connectivity index (χ4v) is 4.04. The molecule has 1 saturated carbocycles. The molecule has 0 atom stereocenters. The molecule has 1 aromatic carbocycles. The van der Waals surface area contributed by atoms with Crippen molar-refractivity contribution in [3.05, 3.63) is 71.7 Å². The SMILES string of the molecule is C#CCN(C(=O)c1ccc(C(=O)c2cnc3ccccn23)cc1)C1CCCCC1. The first kappa shape index (κ1) is 18.9. The third-order valence-corrected chi connectivity index (χ3v) is 5.58. The largest absolute Gasteiger partial charge is 0.325 e. The molecular weight excluding hydrogens is 362 g/mol. The van der Waals surface area contributed by atoms with Crippen molar-refractivity contribution in [2.75, 3.05) is 6.54 Å². The number of ketones is 1. The third-order valence-electron chi connectivity index (χ3n) is 5.58. The van der Waals surface area contributed by atoms with E-state index in [4.69, 9.17) is 6.42 Å². The summed E-state index contributed by atoms with van der Waals surface area (Å²) in [5.41, 5.74) is 2.30. The number of terminal acetylenes is 1. The summed E-state index contributed by atoms with van der Waals surface area (Å²) < 4.78 is 1.76. The van der Waals surface area contributed by atoms with Crippen LogP contribution in [-0.4, -0.2) is 38.6 Å². The van der Waals surface area contributed by atoms with Gasteiger partial charge in [0.05, 0.1) is 12.7 Å². The number of carbonyl (C=O) groups is 2. The molecule has 1 amide bonds. The van der Waals surface area contributed by atoms with Crippen molar-refractivity contribution in [2.45, 2.75) is 38.1 Å². The highest BCUT2D eigenvalue weighted by molar-refractivity contribution is 6.08. The van der Waals surface area contributed by atoms with Gasteiger partial charge in [-0.05, 0) is 37.1 Å². The van der Waals surface area contributed by atoms with E-state index in [1.807, 2.05) is 24.4 Å². The summed E-state index contributed by atoms with van der Waals surface area (Å²) in [5, 5.41) is 0. The normalized spacial score (nSPS) is 14.4. The minimum absolute atomic E-state index is 0.0661. The number of benzene rings is 1. The summed E-state index contributed by atoms with van der Waals surface area (Å²) in [5.74, 6) is 2.43. The number of rotatable bonds is 5. The number of amides is 1. The lowest BCUT2D eigenvalue weighted by Crippen LogP contribution is -2.41. The van der Waals surface area contributed by atoms with E-state index < -0.39 is 0 Å². The highest BCUT2D eigenvalue weighted by atomic mass is 16.2. The zero-order valence-corrected chi connectivity index (χ0v) is 16.3. The number of pyridine rings is 1. The number of hydrogen-bond donors (Lipinski definition) is 0. The van der Waals surface area contributed by atoms with Crippen LogP contribution in [0.2, 0.25) is 0 Å². The highest BCUT2D eigenvalue weighted by Crippen LogP contribution is 2.24. The number of carbonyl (C=O) groups excluding carboxylic acids is 2. The first-order valence-corrected chi connectivity index (χ1v) is 10.0. The molecule has 0 radical (unpaired) electrons. The standard InChI is InChI=1S/C24H23N3O2/c1-2-15-26(20-8-4-3-5-9-20)24(29)19-13-11-18(12-14-19)23(28)21-17-25-22-10-6-7-16-27(21)22/h1,6-7,10-14,16-17,20H,3-5,8-9,15H2. The Kier molecular flexibility index (Phi) is 5.44. The van der Waals surface area contributed by atoms with E-state index in [-0.39, 0.29) is 17.7 Å². The first-order chi connectivity index (χ1) is 14.2. The third kappa shape index (κ3) is 3.79. The van der Waals surface area contributed by atoms with Crippen molar-refractivity contribution >= 4 is 17.3 Å². The molecule has 2 heterocycles. The fourth-order valence-electron chi connectivity index (χ4n) is 4.04. The van der Waals surface area contributed by atoms with E-state index in [2.05, 4.69) is 10.9 Å². The van der Waals surface area contributed by atoms with Gasteiger partial charge in [0.15, 0.2) is 0 Å². The van der Waals surface area contributed by atoms with Gasteiger partial charge in [-0.15, -0.1) is 6.42 Å². The van der Waals surface area contributed by atoms with Crippen molar-refractivity contribution in [1.82, 2.24) is 14.3 Å². The maximum atomic E-state index is 13.1. The van der Waals surface area contributed by atoms with Crippen LogP contribution < -0.4 is 0 Å². The van der Waals surface area contributed by atoms with Gasteiger partial charge in [-0.2, -0.15) is 0 Å². The summed E-state index contributed by atoms with van der Waals surface area (Å²) in [6.07, 6.45) is 14.4. The van der Waals surface area contributed by atoms with Crippen molar-refractivity contribution in [1.29, 1.82) is 0 Å². The number of nitrogens with zero attached hydrogens (tertiary/aromatic N) is 3. The molecule has 5 nitrogen and oxygen atoms in total. The average Bonchev–Trinajstić information content (AvgIpc) is 3.21. The zero-order valence-electron chi connectivity index (χ0n) is 16.3. The number of aromatic nitrogens is 2. The summed E-state index contributed by atoms with van der Waals surface area (Å²) in [6.45, 7) is 0.312. The van der Waals surface area contributed by atoms with Gasteiger partial charge in [-0.25, -0.2) is 4.98 Å². The van der Waals surface area contributed by atoms with Crippen LogP contribution in [-0.2, 0) is 0 Å². The van der Waals surface area contributed by atoms with E-state index >= 15 is 0 Å². The number of fused-ring (bicyclic) bond motifs is 1. The molecule has 0 saturated heterocycles. The minimum atomic E-state index is -0.129. The first-order valence-electron chi connectivity index (χ1n) is 10.0. The van der Waals surface area contributed by atoms with Crippen molar-refractivity contribution < 1.29 is 9.59 Å². The Morgan fingerprint density at radius 1 is 1.07 bits per heavy atom.